The number of carbonyl (C=O) groups excluding carboxylic acids is 3. The summed E-state index contributed by atoms with van der Waals surface area (Å²) in [5.41, 5.74) is 5.66. The topological polar surface area (TPSA) is 220 Å². The third-order valence-electron chi connectivity index (χ3n) is 4.97. The van der Waals surface area contributed by atoms with Crippen molar-refractivity contribution >= 4 is 29.7 Å². The number of hydrogen-bond donors (Lipinski definition) is 7. The Balaban J connectivity index is 2.96. The standard InChI is InChI=1S/C18H30N4O9/c1-8(23)13(19)17(29)22-7-3-4-11(22)16(28)20-10(5-6-12(25)26)15(27)21-14(9(2)24)18(30)31/h8-11,13-14,23-24H,3-7,19H2,1-2H3,(H,20,28)(H,21,27)(H,25,26)(H,30,31)/t8-,9-,10+,11+,13+,14+/m1/s1. The number of nitrogens with zero attached hydrogens (tertiary/aromatic N) is 1. The molecule has 0 saturated carbocycles. The summed E-state index contributed by atoms with van der Waals surface area (Å²) in [4.78, 5) is 61.0. The maximum absolute atomic E-state index is 12.8. The van der Waals surface area contributed by atoms with Gasteiger partial charge in [0.2, 0.25) is 17.7 Å². The molecule has 0 aliphatic carbocycles. The number of likely N-dealkylation sites (tertiary alicyclic amines) is 1. The van der Waals surface area contributed by atoms with Gasteiger partial charge in [-0.25, -0.2) is 4.79 Å². The molecule has 0 aromatic rings. The Labute approximate surface area is 178 Å². The van der Waals surface area contributed by atoms with Gasteiger partial charge in [0.15, 0.2) is 6.04 Å². The van der Waals surface area contributed by atoms with E-state index in [0.717, 1.165) is 6.92 Å². The fraction of sp³-hybridized carbons (Fsp3) is 0.722. The van der Waals surface area contributed by atoms with Crippen LogP contribution in [0, 0.1) is 0 Å². The molecule has 1 aliphatic heterocycles. The zero-order chi connectivity index (χ0) is 23.9. The zero-order valence-electron chi connectivity index (χ0n) is 17.4. The molecule has 1 heterocycles. The normalized spacial score (nSPS) is 20.8. The van der Waals surface area contributed by atoms with Crippen molar-refractivity contribution in [3.63, 3.8) is 0 Å². The molecule has 6 atom stereocenters. The number of amides is 3. The highest BCUT2D eigenvalue weighted by Gasteiger charge is 2.39. The molecule has 0 aromatic carbocycles. The predicted molar refractivity (Wildman–Crippen MR) is 104 cm³/mol. The van der Waals surface area contributed by atoms with Crippen molar-refractivity contribution in [2.24, 2.45) is 5.73 Å². The van der Waals surface area contributed by atoms with E-state index in [1.54, 1.807) is 0 Å². The summed E-state index contributed by atoms with van der Waals surface area (Å²) in [6.07, 6.45) is -2.67. The van der Waals surface area contributed by atoms with Gasteiger partial charge in [-0.2, -0.15) is 0 Å². The highest BCUT2D eigenvalue weighted by Crippen LogP contribution is 2.19. The zero-order valence-corrected chi connectivity index (χ0v) is 17.4. The Hall–Kier alpha value is -2.77. The first-order valence-electron chi connectivity index (χ1n) is 9.84. The van der Waals surface area contributed by atoms with Crippen LogP contribution >= 0.6 is 0 Å². The van der Waals surface area contributed by atoms with Crippen molar-refractivity contribution in [3.8, 4) is 0 Å². The smallest absolute Gasteiger partial charge is 0.328 e. The van der Waals surface area contributed by atoms with Crippen LogP contribution < -0.4 is 16.4 Å². The number of hydrogen-bond acceptors (Lipinski definition) is 8. The van der Waals surface area contributed by atoms with Crippen molar-refractivity contribution in [2.45, 2.75) is 75.9 Å². The van der Waals surface area contributed by atoms with Gasteiger partial charge in [-0.15, -0.1) is 0 Å². The van der Waals surface area contributed by atoms with Crippen LogP contribution in [-0.2, 0) is 24.0 Å². The highest BCUT2D eigenvalue weighted by atomic mass is 16.4. The third kappa shape index (κ3) is 7.45. The number of aliphatic hydroxyl groups excluding tert-OH is 2. The number of nitrogens with one attached hydrogen (secondary N) is 2. The average Bonchev–Trinajstić information content (AvgIpc) is 3.16. The van der Waals surface area contributed by atoms with Crippen LogP contribution in [0.5, 0.6) is 0 Å². The Morgan fingerprint density at radius 3 is 2.16 bits per heavy atom. The van der Waals surface area contributed by atoms with Gasteiger partial charge in [0.25, 0.3) is 0 Å². The summed E-state index contributed by atoms with van der Waals surface area (Å²) in [7, 11) is 0. The maximum atomic E-state index is 12.8. The molecule has 8 N–H and O–H groups in total. The number of carboxylic acids is 2. The van der Waals surface area contributed by atoms with Gasteiger partial charge in [-0.05, 0) is 33.1 Å². The first kappa shape index (κ1) is 26.3. The van der Waals surface area contributed by atoms with Crippen molar-refractivity contribution in [1.29, 1.82) is 0 Å². The van der Waals surface area contributed by atoms with E-state index in [1.807, 2.05) is 0 Å². The molecule has 13 heteroatoms. The van der Waals surface area contributed by atoms with E-state index in [4.69, 9.17) is 15.9 Å². The minimum absolute atomic E-state index is 0.215. The predicted octanol–water partition coefficient (Wildman–Crippen LogP) is -3.01. The molecule has 0 unspecified atom stereocenters. The minimum atomic E-state index is -1.66. The van der Waals surface area contributed by atoms with Gasteiger partial charge in [-0.3, -0.25) is 19.2 Å². The Kier molecular flexibility index (Phi) is 9.81. The molecular formula is C18H30N4O9. The van der Waals surface area contributed by atoms with Crippen LogP contribution in [0.15, 0.2) is 0 Å². The molecule has 0 radical (unpaired) electrons. The lowest BCUT2D eigenvalue weighted by atomic mass is 10.1. The van der Waals surface area contributed by atoms with Gasteiger partial charge >= 0.3 is 11.9 Å². The Morgan fingerprint density at radius 1 is 1.06 bits per heavy atom. The van der Waals surface area contributed by atoms with Crippen LogP contribution in [0.4, 0.5) is 0 Å². The molecule has 1 fully saturated rings. The molecule has 31 heavy (non-hydrogen) atoms. The van der Waals surface area contributed by atoms with Crippen molar-refractivity contribution in [3.05, 3.63) is 0 Å². The fourth-order valence-electron chi connectivity index (χ4n) is 3.15. The van der Waals surface area contributed by atoms with E-state index in [9.17, 15) is 34.2 Å². The average molecular weight is 446 g/mol. The second-order valence-electron chi connectivity index (χ2n) is 7.51. The molecule has 0 bridgehead atoms. The summed E-state index contributed by atoms with van der Waals surface area (Å²) in [5.74, 6) is -5.11. The Morgan fingerprint density at radius 2 is 1.68 bits per heavy atom. The van der Waals surface area contributed by atoms with Crippen LogP contribution in [-0.4, -0.2) is 97.9 Å². The van der Waals surface area contributed by atoms with Gasteiger partial charge in [-0.1, -0.05) is 0 Å². The number of rotatable bonds is 11. The molecule has 13 nitrogen and oxygen atoms in total. The van der Waals surface area contributed by atoms with Gasteiger partial charge in [0.1, 0.15) is 18.1 Å². The quantitative estimate of drug-likeness (QED) is 0.170. The molecule has 1 saturated heterocycles. The molecule has 0 aromatic heterocycles. The van der Waals surface area contributed by atoms with E-state index in [0.29, 0.717) is 6.42 Å². The molecule has 1 aliphatic rings. The summed E-state index contributed by atoms with van der Waals surface area (Å²) in [5, 5.41) is 41.5. The Bertz CT molecular complexity index is 698. The first-order chi connectivity index (χ1) is 14.4. The number of carboxylic acid groups (broad SMARTS) is 2. The lowest BCUT2D eigenvalue weighted by Crippen LogP contribution is -2.58. The number of aliphatic carboxylic acids is 2. The van der Waals surface area contributed by atoms with Crippen LogP contribution in [0.1, 0.15) is 39.5 Å². The van der Waals surface area contributed by atoms with Crippen molar-refractivity contribution in [1.82, 2.24) is 15.5 Å². The second kappa shape index (κ2) is 11.6. The van der Waals surface area contributed by atoms with Gasteiger partial charge in [0, 0.05) is 13.0 Å². The summed E-state index contributed by atoms with van der Waals surface area (Å²) in [6.45, 7) is 2.70. The number of nitrogens with two attached hydrogens (primary N) is 1. The van der Waals surface area contributed by atoms with Crippen molar-refractivity contribution in [2.75, 3.05) is 6.54 Å². The summed E-state index contributed by atoms with van der Waals surface area (Å²) in [6, 6.07) is -5.29. The SMILES string of the molecule is C[C@@H](O)[C@H](N)C(=O)N1CCC[C@H]1C(=O)N[C@@H](CCC(=O)O)C(=O)N[C@H](C(=O)O)[C@@H](C)O. The molecule has 0 spiro atoms. The number of aliphatic hydroxyl groups is 2. The molecule has 3 amide bonds. The summed E-state index contributed by atoms with van der Waals surface area (Å²) >= 11 is 0. The maximum Gasteiger partial charge on any atom is 0.328 e. The van der Waals surface area contributed by atoms with E-state index in [2.05, 4.69) is 10.6 Å². The number of carbonyl (C=O) groups is 5. The first-order valence-corrected chi connectivity index (χ1v) is 9.84. The molecule has 1 rings (SSSR count). The van der Waals surface area contributed by atoms with Gasteiger partial charge in [0.05, 0.1) is 12.2 Å². The third-order valence-corrected chi connectivity index (χ3v) is 4.97. The van der Waals surface area contributed by atoms with E-state index in [-0.39, 0.29) is 19.4 Å². The molecular weight excluding hydrogens is 416 g/mol. The largest absolute Gasteiger partial charge is 0.481 e. The van der Waals surface area contributed by atoms with Crippen LogP contribution in [0.25, 0.3) is 0 Å². The minimum Gasteiger partial charge on any atom is -0.481 e. The van der Waals surface area contributed by atoms with E-state index in [1.165, 1.54) is 11.8 Å². The van der Waals surface area contributed by atoms with Crippen molar-refractivity contribution < 1.29 is 44.4 Å². The monoisotopic (exact) mass is 446 g/mol. The fourth-order valence-corrected chi connectivity index (χ4v) is 3.15. The van der Waals surface area contributed by atoms with Crippen LogP contribution in [0.3, 0.4) is 0 Å². The van der Waals surface area contributed by atoms with E-state index >= 15 is 0 Å². The lowest BCUT2D eigenvalue weighted by Gasteiger charge is -2.29. The van der Waals surface area contributed by atoms with Crippen LogP contribution in [0.2, 0.25) is 0 Å². The summed E-state index contributed by atoms with van der Waals surface area (Å²) < 4.78 is 0. The molecule has 176 valence electrons. The van der Waals surface area contributed by atoms with E-state index < -0.39 is 72.5 Å². The van der Waals surface area contributed by atoms with Gasteiger partial charge < -0.3 is 41.7 Å². The lowest BCUT2D eigenvalue weighted by molar-refractivity contribution is -0.146. The highest BCUT2D eigenvalue weighted by molar-refractivity contribution is 5.94. The second-order valence-corrected chi connectivity index (χ2v) is 7.51.